The first-order valence-electron chi connectivity index (χ1n) is 6.03. The van der Waals surface area contributed by atoms with Gasteiger partial charge in [0, 0.05) is 17.8 Å². The normalized spacial score (nSPS) is 9.85. The lowest BCUT2D eigenvalue weighted by Gasteiger charge is -2.08. The first kappa shape index (κ1) is 13.7. The van der Waals surface area contributed by atoms with E-state index in [2.05, 4.69) is 5.32 Å². The minimum atomic E-state index is -0.307. The zero-order valence-corrected chi connectivity index (χ0v) is 11.0. The molecule has 0 aromatic heterocycles. The Kier molecular flexibility index (Phi) is 4.44. The van der Waals surface area contributed by atoms with Gasteiger partial charge in [0.2, 0.25) is 0 Å². The van der Waals surface area contributed by atoms with Crippen molar-refractivity contribution in [3.8, 4) is 17.2 Å². The van der Waals surface area contributed by atoms with E-state index in [9.17, 15) is 9.90 Å². The van der Waals surface area contributed by atoms with Crippen molar-refractivity contribution in [3.63, 3.8) is 0 Å². The van der Waals surface area contributed by atoms with Crippen LogP contribution in [0.15, 0.2) is 48.5 Å². The van der Waals surface area contributed by atoms with Crippen LogP contribution >= 0.6 is 0 Å². The number of phenolic OH excluding ortho intramolecular Hbond substituents is 1. The van der Waals surface area contributed by atoms with E-state index in [1.165, 1.54) is 12.1 Å². The summed E-state index contributed by atoms with van der Waals surface area (Å²) >= 11 is 0. The lowest BCUT2D eigenvalue weighted by molar-refractivity contribution is -0.118. The van der Waals surface area contributed by atoms with E-state index in [0.29, 0.717) is 17.2 Å². The summed E-state index contributed by atoms with van der Waals surface area (Å²) in [5, 5.41) is 11.9. The Morgan fingerprint density at radius 3 is 2.65 bits per heavy atom. The van der Waals surface area contributed by atoms with E-state index in [0.717, 1.165) is 0 Å². The van der Waals surface area contributed by atoms with Crippen LogP contribution < -0.4 is 14.8 Å². The van der Waals surface area contributed by atoms with Crippen molar-refractivity contribution in [1.29, 1.82) is 0 Å². The van der Waals surface area contributed by atoms with Crippen LogP contribution in [-0.2, 0) is 4.79 Å². The molecule has 0 heterocycles. The molecule has 5 nitrogen and oxygen atoms in total. The van der Waals surface area contributed by atoms with E-state index in [-0.39, 0.29) is 18.3 Å². The maximum atomic E-state index is 11.7. The van der Waals surface area contributed by atoms with Crippen molar-refractivity contribution in [2.45, 2.75) is 0 Å². The maximum absolute atomic E-state index is 11.7. The Morgan fingerprint density at radius 1 is 1.15 bits per heavy atom. The quantitative estimate of drug-likeness (QED) is 0.878. The Bertz CT molecular complexity index is 598. The van der Waals surface area contributed by atoms with Gasteiger partial charge in [-0.05, 0) is 24.3 Å². The fraction of sp³-hybridized carbons (Fsp3) is 0.133. The van der Waals surface area contributed by atoms with Crippen LogP contribution in [0.4, 0.5) is 5.69 Å². The smallest absolute Gasteiger partial charge is 0.262 e. The van der Waals surface area contributed by atoms with Crippen molar-refractivity contribution in [2.75, 3.05) is 19.0 Å². The molecule has 0 aliphatic carbocycles. The summed E-state index contributed by atoms with van der Waals surface area (Å²) in [6, 6.07) is 13.3. The summed E-state index contributed by atoms with van der Waals surface area (Å²) < 4.78 is 10.4. The Balaban J connectivity index is 1.88. The van der Waals surface area contributed by atoms with E-state index < -0.39 is 0 Å². The number of phenols is 1. The number of benzene rings is 2. The molecule has 0 atom stereocenters. The van der Waals surface area contributed by atoms with E-state index in [1.807, 2.05) is 0 Å². The fourth-order valence-electron chi connectivity index (χ4n) is 1.62. The number of amides is 1. The number of carbonyl (C=O) groups excluding carboxylic acids is 1. The summed E-state index contributed by atoms with van der Waals surface area (Å²) in [7, 11) is 1.56. The van der Waals surface area contributed by atoms with Crippen molar-refractivity contribution in [2.24, 2.45) is 0 Å². The Morgan fingerprint density at radius 2 is 1.90 bits per heavy atom. The first-order valence-corrected chi connectivity index (χ1v) is 6.03. The highest BCUT2D eigenvalue weighted by Gasteiger charge is 2.04. The van der Waals surface area contributed by atoms with Gasteiger partial charge in [0.15, 0.2) is 6.61 Å². The molecule has 20 heavy (non-hydrogen) atoms. The lowest BCUT2D eigenvalue weighted by atomic mass is 10.3. The lowest BCUT2D eigenvalue weighted by Crippen LogP contribution is -2.20. The van der Waals surface area contributed by atoms with Gasteiger partial charge in [-0.1, -0.05) is 12.1 Å². The van der Waals surface area contributed by atoms with Gasteiger partial charge in [-0.2, -0.15) is 0 Å². The Hall–Kier alpha value is -2.69. The van der Waals surface area contributed by atoms with Crippen LogP contribution in [0.5, 0.6) is 17.2 Å². The monoisotopic (exact) mass is 273 g/mol. The zero-order valence-electron chi connectivity index (χ0n) is 11.0. The van der Waals surface area contributed by atoms with E-state index >= 15 is 0 Å². The molecule has 2 rings (SSSR count). The summed E-state index contributed by atoms with van der Waals surface area (Å²) in [5.74, 6) is 1.00. The molecule has 0 saturated heterocycles. The van der Waals surface area contributed by atoms with Gasteiger partial charge in [-0.15, -0.1) is 0 Å². The third kappa shape index (κ3) is 3.91. The highest BCUT2D eigenvalue weighted by molar-refractivity contribution is 5.92. The van der Waals surface area contributed by atoms with Gasteiger partial charge in [-0.25, -0.2) is 0 Å². The van der Waals surface area contributed by atoms with Gasteiger partial charge in [-0.3, -0.25) is 4.79 Å². The number of nitrogens with one attached hydrogen (secondary N) is 1. The largest absolute Gasteiger partial charge is 0.508 e. The molecule has 1 amide bonds. The second kappa shape index (κ2) is 6.47. The number of rotatable bonds is 5. The molecule has 2 aromatic carbocycles. The molecule has 0 spiro atoms. The number of ether oxygens (including phenoxy) is 2. The summed E-state index contributed by atoms with van der Waals surface area (Å²) in [5.41, 5.74) is 0.518. The molecule has 0 radical (unpaired) electrons. The number of hydrogen-bond acceptors (Lipinski definition) is 4. The van der Waals surface area contributed by atoms with Crippen LogP contribution in [-0.4, -0.2) is 24.7 Å². The molecule has 0 unspecified atom stereocenters. The molecular weight excluding hydrogens is 258 g/mol. The number of aromatic hydroxyl groups is 1. The van der Waals surface area contributed by atoms with Crippen LogP contribution in [0.3, 0.4) is 0 Å². The molecule has 0 aliphatic rings. The predicted molar refractivity (Wildman–Crippen MR) is 75.2 cm³/mol. The average Bonchev–Trinajstić information content (AvgIpc) is 2.45. The fourth-order valence-corrected chi connectivity index (χ4v) is 1.62. The molecular formula is C15H15NO4. The first-order chi connectivity index (χ1) is 9.67. The highest BCUT2D eigenvalue weighted by Crippen LogP contribution is 2.19. The molecule has 0 fully saturated rings. The number of anilines is 1. The Labute approximate surface area is 116 Å². The second-order valence-electron chi connectivity index (χ2n) is 4.07. The maximum Gasteiger partial charge on any atom is 0.262 e. The third-order valence-corrected chi connectivity index (χ3v) is 2.54. The number of methoxy groups -OCH3 is 1. The number of carbonyl (C=O) groups is 1. The zero-order chi connectivity index (χ0) is 14.4. The van der Waals surface area contributed by atoms with E-state index in [4.69, 9.17) is 9.47 Å². The third-order valence-electron chi connectivity index (χ3n) is 2.54. The summed E-state index contributed by atoms with van der Waals surface area (Å²) in [4.78, 5) is 11.7. The van der Waals surface area contributed by atoms with E-state index in [1.54, 1.807) is 43.5 Å². The summed E-state index contributed by atoms with van der Waals surface area (Å²) in [6.07, 6.45) is 0. The van der Waals surface area contributed by atoms with Crippen molar-refractivity contribution >= 4 is 11.6 Å². The van der Waals surface area contributed by atoms with Crippen LogP contribution in [0.2, 0.25) is 0 Å². The van der Waals surface area contributed by atoms with Crippen molar-refractivity contribution in [1.82, 2.24) is 0 Å². The topological polar surface area (TPSA) is 67.8 Å². The average molecular weight is 273 g/mol. The van der Waals surface area contributed by atoms with Crippen molar-refractivity contribution < 1.29 is 19.4 Å². The van der Waals surface area contributed by atoms with Crippen LogP contribution in [0.25, 0.3) is 0 Å². The number of hydrogen-bond donors (Lipinski definition) is 2. The minimum absolute atomic E-state index is 0.0940. The minimum Gasteiger partial charge on any atom is -0.508 e. The molecule has 104 valence electrons. The standard InChI is InChI=1S/C15H15NO4/c1-19-13-6-3-7-14(9-13)20-10-15(18)16-11-4-2-5-12(17)8-11/h2-9,17H,10H2,1H3,(H,16,18). The molecule has 0 bridgehead atoms. The molecule has 2 aromatic rings. The van der Waals surface area contributed by atoms with Gasteiger partial charge >= 0.3 is 0 Å². The second-order valence-corrected chi connectivity index (χ2v) is 4.07. The van der Waals surface area contributed by atoms with Crippen LogP contribution in [0, 0.1) is 0 Å². The van der Waals surface area contributed by atoms with Gasteiger partial charge in [0.1, 0.15) is 17.2 Å². The molecule has 5 heteroatoms. The molecule has 0 aliphatic heterocycles. The SMILES string of the molecule is COc1cccc(OCC(=O)Nc2cccc(O)c2)c1. The highest BCUT2D eigenvalue weighted by atomic mass is 16.5. The van der Waals surface area contributed by atoms with Crippen LogP contribution in [0.1, 0.15) is 0 Å². The predicted octanol–water partition coefficient (Wildman–Crippen LogP) is 2.42. The molecule has 2 N–H and O–H groups in total. The van der Waals surface area contributed by atoms with Gasteiger partial charge in [0.05, 0.1) is 7.11 Å². The van der Waals surface area contributed by atoms with Crippen molar-refractivity contribution in [3.05, 3.63) is 48.5 Å². The van der Waals surface area contributed by atoms with Gasteiger partial charge in [0.25, 0.3) is 5.91 Å². The summed E-state index contributed by atoms with van der Waals surface area (Å²) in [6.45, 7) is -0.122. The van der Waals surface area contributed by atoms with Gasteiger partial charge < -0.3 is 19.9 Å². The molecule has 0 saturated carbocycles.